The van der Waals surface area contributed by atoms with Crippen LogP contribution < -0.4 is 5.32 Å². The van der Waals surface area contributed by atoms with E-state index in [1.807, 2.05) is 0 Å². The molecule has 0 aliphatic rings. The van der Waals surface area contributed by atoms with Gasteiger partial charge >= 0.3 is 0 Å². The second-order valence-corrected chi connectivity index (χ2v) is 6.15. The summed E-state index contributed by atoms with van der Waals surface area (Å²) in [6, 6.07) is 3.80. The van der Waals surface area contributed by atoms with E-state index in [1.54, 1.807) is 0 Å². The largest absolute Gasteiger partial charge is 0.310 e. The molecular formula is C16H32N4. The first kappa shape index (κ1) is 17.2. The average Bonchev–Trinajstić information content (AvgIpc) is 2.85. The molecule has 1 aromatic heterocycles. The van der Waals surface area contributed by atoms with Crippen LogP contribution in [0.2, 0.25) is 0 Å². The molecule has 116 valence electrons. The maximum Gasteiger partial charge on any atom is 0.0762 e. The Balaban J connectivity index is 2.32. The number of hydrogen-bond acceptors (Lipinski definition) is 3. The highest BCUT2D eigenvalue weighted by Crippen LogP contribution is 2.09. The summed E-state index contributed by atoms with van der Waals surface area (Å²) in [6.45, 7) is 16.4. The van der Waals surface area contributed by atoms with Crippen LogP contribution in [0.1, 0.15) is 59.7 Å². The van der Waals surface area contributed by atoms with Crippen LogP contribution in [0.3, 0.4) is 0 Å². The van der Waals surface area contributed by atoms with E-state index in [2.05, 4.69) is 73.8 Å². The van der Waals surface area contributed by atoms with Crippen molar-refractivity contribution in [3.8, 4) is 0 Å². The summed E-state index contributed by atoms with van der Waals surface area (Å²) >= 11 is 0. The highest BCUT2D eigenvalue weighted by atomic mass is 15.3. The van der Waals surface area contributed by atoms with E-state index in [0.29, 0.717) is 18.1 Å². The first-order chi connectivity index (χ1) is 9.45. The highest BCUT2D eigenvalue weighted by Gasteiger charge is 2.12. The van der Waals surface area contributed by atoms with Gasteiger partial charge in [0.15, 0.2) is 0 Å². The standard InChI is InChI=1S/C16H32N4/c1-7-15(6)20-10-8-16(18-20)12-17-9-11-19(13(2)3)14(4)5/h8,10,13-15,17H,7,9,11-12H2,1-6H3. The van der Waals surface area contributed by atoms with Crippen LogP contribution in [-0.2, 0) is 6.54 Å². The molecular weight excluding hydrogens is 248 g/mol. The van der Waals surface area contributed by atoms with Crippen LogP contribution >= 0.6 is 0 Å². The summed E-state index contributed by atoms with van der Waals surface area (Å²) in [5, 5.41) is 8.10. The van der Waals surface area contributed by atoms with Gasteiger partial charge in [-0.15, -0.1) is 0 Å². The zero-order chi connectivity index (χ0) is 15.1. The lowest BCUT2D eigenvalue weighted by molar-refractivity contribution is 0.175. The molecule has 1 rings (SSSR count). The van der Waals surface area contributed by atoms with Gasteiger partial charge in [0.25, 0.3) is 0 Å². The Hall–Kier alpha value is -0.870. The van der Waals surface area contributed by atoms with Crippen LogP contribution in [-0.4, -0.2) is 39.9 Å². The van der Waals surface area contributed by atoms with Gasteiger partial charge < -0.3 is 5.32 Å². The van der Waals surface area contributed by atoms with Crippen molar-refractivity contribution in [3.63, 3.8) is 0 Å². The summed E-state index contributed by atoms with van der Waals surface area (Å²) in [5.74, 6) is 0. The molecule has 20 heavy (non-hydrogen) atoms. The minimum Gasteiger partial charge on any atom is -0.310 e. The zero-order valence-electron chi connectivity index (χ0n) is 14.1. The van der Waals surface area contributed by atoms with Crippen molar-refractivity contribution in [2.24, 2.45) is 0 Å². The maximum absolute atomic E-state index is 4.61. The van der Waals surface area contributed by atoms with Crippen LogP contribution in [0.25, 0.3) is 0 Å². The third-order valence-corrected chi connectivity index (χ3v) is 3.89. The third kappa shape index (κ3) is 5.25. The topological polar surface area (TPSA) is 33.1 Å². The van der Waals surface area contributed by atoms with Gasteiger partial charge in [-0.25, -0.2) is 0 Å². The van der Waals surface area contributed by atoms with E-state index in [9.17, 15) is 0 Å². The molecule has 0 bridgehead atoms. The van der Waals surface area contributed by atoms with Crippen molar-refractivity contribution in [2.45, 2.75) is 72.6 Å². The molecule has 4 nitrogen and oxygen atoms in total. The molecule has 1 N–H and O–H groups in total. The minimum atomic E-state index is 0.487. The molecule has 1 unspecified atom stereocenters. The van der Waals surface area contributed by atoms with Crippen molar-refractivity contribution in [1.29, 1.82) is 0 Å². The summed E-state index contributed by atoms with van der Waals surface area (Å²) in [6.07, 6.45) is 3.20. The average molecular weight is 280 g/mol. The fourth-order valence-electron chi connectivity index (χ4n) is 2.44. The fraction of sp³-hybridized carbons (Fsp3) is 0.812. The first-order valence-electron chi connectivity index (χ1n) is 7.96. The van der Waals surface area contributed by atoms with E-state index >= 15 is 0 Å². The maximum atomic E-state index is 4.61. The molecule has 0 fully saturated rings. The van der Waals surface area contributed by atoms with E-state index in [0.717, 1.165) is 31.7 Å². The van der Waals surface area contributed by atoms with E-state index in [4.69, 9.17) is 0 Å². The number of hydrogen-bond donors (Lipinski definition) is 1. The first-order valence-corrected chi connectivity index (χ1v) is 7.96. The van der Waals surface area contributed by atoms with E-state index in [-0.39, 0.29) is 0 Å². The zero-order valence-corrected chi connectivity index (χ0v) is 14.1. The van der Waals surface area contributed by atoms with Crippen LogP contribution in [0.15, 0.2) is 12.3 Å². The summed E-state index contributed by atoms with van der Waals surface area (Å²) in [7, 11) is 0. The van der Waals surface area contributed by atoms with Crippen molar-refractivity contribution >= 4 is 0 Å². The molecule has 0 saturated carbocycles. The number of aromatic nitrogens is 2. The summed E-state index contributed by atoms with van der Waals surface area (Å²) in [5.41, 5.74) is 1.13. The molecule has 0 aliphatic carbocycles. The number of nitrogens with one attached hydrogen (secondary N) is 1. The Morgan fingerprint density at radius 2 is 1.85 bits per heavy atom. The van der Waals surface area contributed by atoms with Gasteiger partial charge in [-0.3, -0.25) is 9.58 Å². The molecule has 0 spiro atoms. The Bertz CT molecular complexity index is 362. The summed E-state index contributed by atoms with van der Waals surface area (Å²) in [4.78, 5) is 2.50. The van der Waals surface area contributed by atoms with Crippen molar-refractivity contribution in [3.05, 3.63) is 18.0 Å². The molecule has 1 atom stereocenters. The van der Waals surface area contributed by atoms with Gasteiger partial charge in [-0.2, -0.15) is 5.10 Å². The predicted molar refractivity (Wildman–Crippen MR) is 85.9 cm³/mol. The smallest absolute Gasteiger partial charge is 0.0762 e. The molecule has 0 amide bonds. The van der Waals surface area contributed by atoms with Crippen molar-refractivity contribution < 1.29 is 0 Å². The quantitative estimate of drug-likeness (QED) is 0.706. The predicted octanol–water partition coefficient (Wildman–Crippen LogP) is 3.06. The molecule has 0 aromatic carbocycles. The molecule has 4 heteroatoms. The molecule has 1 heterocycles. The van der Waals surface area contributed by atoms with Gasteiger partial charge in [0, 0.05) is 44.0 Å². The SMILES string of the molecule is CCC(C)n1ccc(CNCCN(C(C)C)C(C)C)n1. The number of nitrogens with zero attached hydrogens (tertiary/aromatic N) is 3. The van der Waals surface area contributed by atoms with E-state index < -0.39 is 0 Å². The highest BCUT2D eigenvalue weighted by molar-refractivity contribution is 4.99. The van der Waals surface area contributed by atoms with Crippen LogP contribution in [0, 0.1) is 0 Å². The van der Waals surface area contributed by atoms with Crippen LogP contribution in [0.5, 0.6) is 0 Å². The second kappa shape index (κ2) is 8.42. The summed E-state index contributed by atoms with van der Waals surface area (Å²) < 4.78 is 2.06. The Kier molecular flexibility index (Phi) is 7.24. The van der Waals surface area contributed by atoms with Gasteiger partial charge in [-0.1, -0.05) is 6.92 Å². The van der Waals surface area contributed by atoms with Gasteiger partial charge in [0.1, 0.15) is 0 Å². The minimum absolute atomic E-state index is 0.487. The van der Waals surface area contributed by atoms with Gasteiger partial charge in [0.2, 0.25) is 0 Å². The third-order valence-electron chi connectivity index (χ3n) is 3.89. The van der Waals surface area contributed by atoms with Crippen molar-refractivity contribution in [1.82, 2.24) is 20.0 Å². The van der Waals surface area contributed by atoms with Crippen LogP contribution in [0.4, 0.5) is 0 Å². The normalized spacial score (nSPS) is 13.7. The molecule has 0 radical (unpaired) electrons. The lowest BCUT2D eigenvalue weighted by atomic mass is 10.2. The monoisotopic (exact) mass is 280 g/mol. The Morgan fingerprint density at radius 3 is 2.40 bits per heavy atom. The lowest BCUT2D eigenvalue weighted by Gasteiger charge is -2.30. The van der Waals surface area contributed by atoms with Gasteiger partial charge in [0.05, 0.1) is 5.69 Å². The lowest BCUT2D eigenvalue weighted by Crippen LogP contribution is -2.41. The van der Waals surface area contributed by atoms with Gasteiger partial charge in [-0.05, 0) is 47.1 Å². The van der Waals surface area contributed by atoms with Crippen molar-refractivity contribution in [2.75, 3.05) is 13.1 Å². The molecule has 1 aromatic rings. The molecule has 0 saturated heterocycles. The Labute approximate surface area is 124 Å². The number of rotatable bonds is 9. The fourth-order valence-corrected chi connectivity index (χ4v) is 2.44. The Morgan fingerprint density at radius 1 is 1.20 bits per heavy atom. The molecule has 0 aliphatic heterocycles. The second-order valence-electron chi connectivity index (χ2n) is 6.15. The van der Waals surface area contributed by atoms with E-state index in [1.165, 1.54) is 0 Å².